The first kappa shape index (κ1) is 12.1. The molecule has 1 N–H and O–H groups in total. The number of carbonyl (C=O) groups is 1. The van der Waals surface area contributed by atoms with Gasteiger partial charge in [0.2, 0.25) is 0 Å². The van der Waals surface area contributed by atoms with E-state index in [1.54, 1.807) is 12.1 Å². The van der Waals surface area contributed by atoms with Crippen LogP contribution in [0.4, 0.5) is 4.39 Å². The van der Waals surface area contributed by atoms with E-state index in [2.05, 4.69) is 21.0 Å². The molecule has 18 heavy (non-hydrogen) atoms. The van der Waals surface area contributed by atoms with E-state index in [0.717, 1.165) is 5.56 Å². The maximum atomic E-state index is 12.6. The summed E-state index contributed by atoms with van der Waals surface area (Å²) >= 11 is 0. The van der Waals surface area contributed by atoms with Gasteiger partial charge in [0, 0.05) is 0 Å². The molecule has 1 aromatic carbocycles. The fraction of sp³-hybridized carbons (Fsp3) is 0.200. The Morgan fingerprint density at radius 1 is 1.39 bits per heavy atom. The monoisotopic (exact) mass is 251 g/mol. The Morgan fingerprint density at radius 3 is 2.83 bits per heavy atom. The molecule has 0 spiro atoms. The highest BCUT2D eigenvalue weighted by molar-refractivity contribution is 5.74. The van der Waals surface area contributed by atoms with E-state index in [-0.39, 0.29) is 24.9 Å². The van der Waals surface area contributed by atoms with Crippen molar-refractivity contribution in [1.29, 1.82) is 0 Å². The number of hydrogen-bond donors (Lipinski definition) is 1. The summed E-state index contributed by atoms with van der Waals surface area (Å²) in [4.78, 5) is 16.3. The van der Waals surface area contributed by atoms with Gasteiger partial charge in [-0.3, -0.25) is 9.63 Å². The van der Waals surface area contributed by atoms with Gasteiger partial charge in [-0.05, 0) is 28.1 Å². The van der Waals surface area contributed by atoms with Crippen LogP contribution >= 0.6 is 0 Å². The molecule has 94 valence electrons. The van der Waals surface area contributed by atoms with Gasteiger partial charge in [0.15, 0.2) is 0 Å². The third-order valence-corrected chi connectivity index (χ3v) is 2.04. The van der Waals surface area contributed by atoms with Crippen LogP contribution in [0.2, 0.25) is 0 Å². The fourth-order valence-corrected chi connectivity index (χ4v) is 1.21. The number of amides is 1. The van der Waals surface area contributed by atoms with Gasteiger partial charge in [-0.2, -0.15) is 0 Å². The first-order valence-electron chi connectivity index (χ1n) is 5.10. The number of nitrogens with zero attached hydrogens (tertiary/aromatic N) is 4. The quantitative estimate of drug-likeness (QED) is 0.760. The second-order valence-electron chi connectivity index (χ2n) is 3.45. The van der Waals surface area contributed by atoms with Gasteiger partial charge < -0.3 is 0 Å². The van der Waals surface area contributed by atoms with Crippen molar-refractivity contribution in [2.45, 2.75) is 13.2 Å². The summed E-state index contributed by atoms with van der Waals surface area (Å²) in [5.41, 5.74) is 2.98. The fourth-order valence-electron chi connectivity index (χ4n) is 1.21. The minimum absolute atomic E-state index is 0.0313. The standard InChI is InChI=1S/C10H10FN5O2/c11-9-3-1-8(2-4-9)6-18-13-10(17)5-16-7-12-14-15-16/h1-4,7H,5-6H2,(H,13,17). The first-order chi connectivity index (χ1) is 8.74. The van der Waals surface area contributed by atoms with Crippen molar-refractivity contribution >= 4 is 5.91 Å². The van der Waals surface area contributed by atoms with Crippen molar-refractivity contribution in [2.75, 3.05) is 0 Å². The summed E-state index contributed by atoms with van der Waals surface area (Å²) in [6.45, 7) is 0.123. The predicted molar refractivity (Wildman–Crippen MR) is 57.1 cm³/mol. The van der Waals surface area contributed by atoms with Gasteiger partial charge in [0.1, 0.15) is 18.7 Å². The zero-order valence-electron chi connectivity index (χ0n) is 9.28. The van der Waals surface area contributed by atoms with Gasteiger partial charge >= 0.3 is 0 Å². The lowest BCUT2D eigenvalue weighted by molar-refractivity contribution is -0.135. The van der Waals surface area contributed by atoms with Crippen LogP contribution in [0, 0.1) is 5.82 Å². The lowest BCUT2D eigenvalue weighted by atomic mass is 10.2. The van der Waals surface area contributed by atoms with E-state index in [4.69, 9.17) is 4.84 Å². The molecule has 0 saturated heterocycles. The third kappa shape index (κ3) is 3.59. The minimum Gasteiger partial charge on any atom is -0.271 e. The van der Waals surface area contributed by atoms with E-state index in [0.29, 0.717) is 0 Å². The first-order valence-corrected chi connectivity index (χ1v) is 5.10. The summed E-state index contributed by atoms with van der Waals surface area (Å²) < 4.78 is 13.9. The van der Waals surface area contributed by atoms with Gasteiger partial charge in [-0.1, -0.05) is 12.1 Å². The molecule has 1 amide bonds. The molecule has 7 nitrogen and oxygen atoms in total. The molecule has 2 aromatic rings. The average molecular weight is 251 g/mol. The Bertz CT molecular complexity index is 499. The number of aromatic nitrogens is 4. The molecule has 0 radical (unpaired) electrons. The van der Waals surface area contributed by atoms with Crippen LogP contribution in [0.15, 0.2) is 30.6 Å². The van der Waals surface area contributed by atoms with Crippen molar-refractivity contribution in [3.63, 3.8) is 0 Å². The number of hydrogen-bond acceptors (Lipinski definition) is 5. The third-order valence-electron chi connectivity index (χ3n) is 2.04. The number of carbonyl (C=O) groups excluding carboxylic acids is 1. The molecule has 0 aliphatic carbocycles. The van der Waals surface area contributed by atoms with Crippen LogP contribution in [0.3, 0.4) is 0 Å². The molecule has 1 aromatic heterocycles. The molecule has 0 fully saturated rings. The second-order valence-corrected chi connectivity index (χ2v) is 3.45. The topological polar surface area (TPSA) is 81.9 Å². The molecule has 0 aliphatic heterocycles. The summed E-state index contributed by atoms with van der Waals surface area (Å²) in [5, 5.41) is 10.3. The van der Waals surface area contributed by atoms with Crippen molar-refractivity contribution < 1.29 is 14.0 Å². The SMILES string of the molecule is O=C(Cn1cnnn1)NOCc1ccc(F)cc1. The molecule has 1 heterocycles. The Kier molecular flexibility index (Phi) is 3.92. The molecule has 0 aliphatic rings. The maximum Gasteiger partial charge on any atom is 0.265 e. The number of nitrogens with one attached hydrogen (secondary N) is 1. The van der Waals surface area contributed by atoms with E-state index in [1.807, 2.05) is 0 Å². The van der Waals surface area contributed by atoms with Gasteiger partial charge in [-0.15, -0.1) is 5.10 Å². The van der Waals surface area contributed by atoms with Crippen molar-refractivity contribution in [3.05, 3.63) is 42.0 Å². The highest BCUT2D eigenvalue weighted by atomic mass is 19.1. The Hall–Kier alpha value is -2.35. The Morgan fingerprint density at radius 2 is 2.17 bits per heavy atom. The van der Waals surface area contributed by atoms with Crippen molar-refractivity contribution in [2.24, 2.45) is 0 Å². The largest absolute Gasteiger partial charge is 0.271 e. The number of tetrazole rings is 1. The zero-order chi connectivity index (χ0) is 12.8. The minimum atomic E-state index is -0.385. The van der Waals surface area contributed by atoms with Gasteiger partial charge in [0.05, 0.1) is 6.61 Å². The van der Waals surface area contributed by atoms with Gasteiger partial charge in [0.25, 0.3) is 5.91 Å². The van der Waals surface area contributed by atoms with E-state index in [9.17, 15) is 9.18 Å². The number of halogens is 1. The Labute approximate surface area is 102 Å². The maximum absolute atomic E-state index is 12.6. The zero-order valence-corrected chi connectivity index (χ0v) is 9.28. The van der Waals surface area contributed by atoms with Crippen molar-refractivity contribution in [1.82, 2.24) is 25.7 Å². The van der Waals surface area contributed by atoms with E-state index in [1.165, 1.54) is 23.1 Å². The van der Waals surface area contributed by atoms with Crippen LogP contribution in [0.5, 0.6) is 0 Å². The summed E-state index contributed by atoms with van der Waals surface area (Å²) in [6.07, 6.45) is 1.32. The number of hydroxylamine groups is 1. The molecule has 0 saturated carbocycles. The summed E-state index contributed by atoms with van der Waals surface area (Å²) in [5.74, 6) is -0.703. The smallest absolute Gasteiger partial charge is 0.265 e. The summed E-state index contributed by atoms with van der Waals surface area (Å²) in [6, 6.07) is 5.79. The summed E-state index contributed by atoms with van der Waals surface area (Å²) in [7, 11) is 0. The lowest BCUT2D eigenvalue weighted by Crippen LogP contribution is -2.27. The molecular formula is C10H10FN5O2. The predicted octanol–water partition coefficient (Wildman–Crippen LogP) is 0.0602. The van der Waals surface area contributed by atoms with Crippen LogP contribution < -0.4 is 5.48 Å². The van der Waals surface area contributed by atoms with Crippen LogP contribution in [-0.2, 0) is 22.8 Å². The van der Waals surface area contributed by atoms with Crippen molar-refractivity contribution in [3.8, 4) is 0 Å². The lowest BCUT2D eigenvalue weighted by Gasteiger charge is -2.05. The molecule has 0 bridgehead atoms. The van der Waals surface area contributed by atoms with Gasteiger partial charge in [-0.25, -0.2) is 14.6 Å². The van der Waals surface area contributed by atoms with E-state index >= 15 is 0 Å². The average Bonchev–Trinajstić information content (AvgIpc) is 2.84. The molecular weight excluding hydrogens is 241 g/mol. The highest BCUT2D eigenvalue weighted by Gasteiger charge is 2.03. The molecule has 0 atom stereocenters. The normalized spacial score (nSPS) is 10.3. The number of benzene rings is 1. The number of rotatable bonds is 5. The Balaban J connectivity index is 1.72. The van der Waals surface area contributed by atoms with Crippen LogP contribution in [0.25, 0.3) is 0 Å². The molecule has 0 unspecified atom stereocenters. The van der Waals surface area contributed by atoms with Crippen LogP contribution in [-0.4, -0.2) is 26.1 Å². The van der Waals surface area contributed by atoms with E-state index < -0.39 is 0 Å². The van der Waals surface area contributed by atoms with Crippen LogP contribution in [0.1, 0.15) is 5.56 Å². The molecule has 8 heteroatoms. The second kappa shape index (κ2) is 5.82. The highest BCUT2D eigenvalue weighted by Crippen LogP contribution is 2.03. The molecule has 2 rings (SSSR count).